The zero-order valence-corrected chi connectivity index (χ0v) is 11.0. The van der Waals surface area contributed by atoms with E-state index in [0.717, 1.165) is 13.1 Å². The van der Waals surface area contributed by atoms with E-state index < -0.39 is 0 Å². The molecule has 0 aromatic heterocycles. The summed E-state index contributed by atoms with van der Waals surface area (Å²) in [6, 6.07) is 14.6. The van der Waals surface area contributed by atoms with Crippen LogP contribution in [0.3, 0.4) is 0 Å². The van der Waals surface area contributed by atoms with E-state index in [1.54, 1.807) is 0 Å². The molecule has 2 aromatic rings. The average Bonchev–Trinajstić information content (AvgIpc) is 2.35. The molecule has 3 nitrogen and oxygen atoms in total. The molecule has 1 heterocycles. The lowest BCUT2D eigenvalue weighted by molar-refractivity contribution is -0.127. The molecular formula is C16H18N2O. The van der Waals surface area contributed by atoms with E-state index in [2.05, 4.69) is 34.9 Å². The molecule has 1 aliphatic heterocycles. The van der Waals surface area contributed by atoms with Gasteiger partial charge in [0.05, 0.1) is 12.0 Å². The number of carbonyl (C=O) groups excluding carboxylic acids is 1. The molecule has 1 saturated heterocycles. The van der Waals surface area contributed by atoms with Crippen LogP contribution < -0.4 is 10.6 Å². The van der Waals surface area contributed by atoms with Gasteiger partial charge in [-0.2, -0.15) is 0 Å². The van der Waals surface area contributed by atoms with Crippen molar-refractivity contribution >= 4 is 16.7 Å². The van der Waals surface area contributed by atoms with Crippen molar-refractivity contribution in [1.29, 1.82) is 0 Å². The highest BCUT2D eigenvalue weighted by molar-refractivity contribution is 5.87. The molecule has 1 unspecified atom stereocenters. The predicted octanol–water partition coefficient (Wildman–Crippen LogP) is 2.24. The Bertz CT molecular complexity index is 599. The van der Waals surface area contributed by atoms with Crippen molar-refractivity contribution in [2.45, 2.75) is 13.0 Å². The standard InChI is InChI=1S/C16H18N2O/c1-11(18-16(19)13-9-17-10-13)14-8-4-6-12-5-2-3-7-15(12)14/h2-8,11,13,17H,9-10H2,1H3,(H,18,19). The maximum Gasteiger partial charge on any atom is 0.226 e. The highest BCUT2D eigenvalue weighted by Gasteiger charge is 2.26. The Balaban J connectivity index is 1.84. The first-order valence-corrected chi connectivity index (χ1v) is 6.74. The smallest absolute Gasteiger partial charge is 0.226 e. The summed E-state index contributed by atoms with van der Waals surface area (Å²) in [7, 11) is 0. The molecule has 1 atom stereocenters. The maximum absolute atomic E-state index is 12.0. The van der Waals surface area contributed by atoms with Crippen molar-refractivity contribution in [3.63, 3.8) is 0 Å². The van der Waals surface area contributed by atoms with Gasteiger partial charge >= 0.3 is 0 Å². The normalized spacial score (nSPS) is 16.9. The molecule has 3 heteroatoms. The number of carbonyl (C=O) groups is 1. The van der Waals surface area contributed by atoms with E-state index >= 15 is 0 Å². The van der Waals surface area contributed by atoms with Crippen LogP contribution in [0.15, 0.2) is 42.5 Å². The first-order valence-electron chi connectivity index (χ1n) is 6.74. The lowest BCUT2D eigenvalue weighted by Gasteiger charge is -2.28. The summed E-state index contributed by atoms with van der Waals surface area (Å²) in [4.78, 5) is 12.0. The Labute approximate surface area is 113 Å². The molecule has 19 heavy (non-hydrogen) atoms. The molecular weight excluding hydrogens is 236 g/mol. The Morgan fingerprint density at radius 3 is 2.68 bits per heavy atom. The fraction of sp³-hybridized carbons (Fsp3) is 0.312. The van der Waals surface area contributed by atoms with Gasteiger partial charge in [0.1, 0.15) is 0 Å². The highest BCUT2D eigenvalue weighted by atomic mass is 16.2. The van der Waals surface area contributed by atoms with Gasteiger partial charge in [-0.15, -0.1) is 0 Å². The molecule has 98 valence electrons. The molecule has 3 rings (SSSR count). The molecule has 0 aliphatic carbocycles. The Hall–Kier alpha value is -1.87. The van der Waals surface area contributed by atoms with Gasteiger partial charge in [0.2, 0.25) is 5.91 Å². The van der Waals surface area contributed by atoms with Gasteiger partial charge in [0, 0.05) is 13.1 Å². The van der Waals surface area contributed by atoms with Crippen LogP contribution in [0.2, 0.25) is 0 Å². The minimum absolute atomic E-state index is 0.0409. The first-order chi connectivity index (χ1) is 9.25. The molecule has 1 amide bonds. The van der Waals surface area contributed by atoms with Crippen LogP contribution in [0.1, 0.15) is 18.5 Å². The van der Waals surface area contributed by atoms with E-state index in [9.17, 15) is 4.79 Å². The van der Waals surface area contributed by atoms with Crippen LogP contribution in [-0.2, 0) is 4.79 Å². The minimum Gasteiger partial charge on any atom is -0.349 e. The SMILES string of the molecule is CC(NC(=O)C1CNC1)c1cccc2ccccc12. The fourth-order valence-corrected chi connectivity index (χ4v) is 2.51. The Kier molecular flexibility index (Phi) is 3.22. The van der Waals surface area contributed by atoms with Crippen LogP contribution in [0.5, 0.6) is 0 Å². The van der Waals surface area contributed by atoms with Crippen molar-refractivity contribution in [3.05, 3.63) is 48.0 Å². The minimum atomic E-state index is 0.0409. The summed E-state index contributed by atoms with van der Waals surface area (Å²) in [5, 5.41) is 8.66. The monoisotopic (exact) mass is 254 g/mol. The predicted molar refractivity (Wildman–Crippen MR) is 76.9 cm³/mol. The van der Waals surface area contributed by atoms with Gasteiger partial charge in [0.15, 0.2) is 0 Å². The van der Waals surface area contributed by atoms with E-state index in [4.69, 9.17) is 0 Å². The topological polar surface area (TPSA) is 41.1 Å². The Morgan fingerprint density at radius 2 is 1.95 bits per heavy atom. The second-order valence-corrected chi connectivity index (χ2v) is 5.15. The lowest BCUT2D eigenvalue weighted by Crippen LogP contribution is -2.51. The summed E-state index contributed by atoms with van der Waals surface area (Å²) in [5.74, 6) is 0.289. The number of hydrogen-bond donors (Lipinski definition) is 2. The van der Waals surface area contributed by atoms with Crippen molar-refractivity contribution in [2.24, 2.45) is 5.92 Å². The summed E-state index contributed by atoms with van der Waals surface area (Å²) >= 11 is 0. The molecule has 0 saturated carbocycles. The largest absolute Gasteiger partial charge is 0.349 e. The van der Waals surface area contributed by atoms with E-state index in [0.29, 0.717) is 0 Å². The van der Waals surface area contributed by atoms with Gasteiger partial charge < -0.3 is 10.6 Å². The first kappa shape index (κ1) is 12.2. The van der Waals surface area contributed by atoms with Crippen LogP contribution in [0.25, 0.3) is 10.8 Å². The van der Waals surface area contributed by atoms with Crippen LogP contribution >= 0.6 is 0 Å². The van der Waals surface area contributed by atoms with E-state index in [1.165, 1.54) is 16.3 Å². The molecule has 2 N–H and O–H groups in total. The third-order valence-electron chi connectivity index (χ3n) is 3.80. The number of rotatable bonds is 3. The molecule has 0 radical (unpaired) electrons. The van der Waals surface area contributed by atoms with Gasteiger partial charge in [-0.05, 0) is 23.3 Å². The summed E-state index contributed by atoms with van der Waals surface area (Å²) in [6.07, 6.45) is 0. The number of nitrogens with one attached hydrogen (secondary N) is 2. The van der Waals surface area contributed by atoms with Crippen molar-refractivity contribution in [1.82, 2.24) is 10.6 Å². The third-order valence-corrected chi connectivity index (χ3v) is 3.80. The van der Waals surface area contributed by atoms with Gasteiger partial charge in [-0.25, -0.2) is 0 Å². The van der Waals surface area contributed by atoms with Crippen LogP contribution in [-0.4, -0.2) is 19.0 Å². The highest BCUT2D eigenvalue weighted by Crippen LogP contribution is 2.24. The van der Waals surface area contributed by atoms with Gasteiger partial charge in [-0.3, -0.25) is 4.79 Å². The molecule has 1 fully saturated rings. The number of fused-ring (bicyclic) bond motifs is 1. The molecule has 0 bridgehead atoms. The van der Waals surface area contributed by atoms with E-state index in [1.807, 2.05) is 25.1 Å². The quantitative estimate of drug-likeness (QED) is 0.882. The molecule has 1 aliphatic rings. The van der Waals surface area contributed by atoms with Crippen molar-refractivity contribution in [3.8, 4) is 0 Å². The second kappa shape index (κ2) is 5.02. The van der Waals surface area contributed by atoms with Crippen LogP contribution in [0, 0.1) is 5.92 Å². The van der Waals surface area contributed by atoms with E-state index in [-0.39, 0.29) is 17.9 Å². The van der Waals surface area contributed by atoms with Crippen molar-refractivity contribution < 1.29 is 4.79 Å². The lowest BCUT2D eigenvalue weighted by atomic mass is 9.98. The van der Waals surface area contributed by atoms with Crippen molar-refractivity contribution in [2.75, 3.05) is 13.1 Å². The summed E-state index contributed by atoms with van der Waals surface area (Å²) < 4.78 is 0. The fourth-order valence-electron chi connectivity index (χ4n) is 2.51. The summed E-state index contributed by atoms with van der Waals surface area (Å²) in [5.41, 5.74) is 1.18. The molecule has 0 spiro atoms. The number of benzene rings is 2. The van der Waals surface area contributed by atoms with Crippen LogP contribution in [0.4, 0.5) is 0 Å². The zero-order valence-electron chi connectivity index (χ0n) is 11.0. The summed E-state index contributed by atoms with van der Waals surface area (Å²) in [6.45, 7) is 3.65. The average molecular weight is 254 g/mol. The van der Waals surface area contributed by atoms with Gasteiger partial charge in [-0.1, -0.05) is 42.5 Å². The molecule has 2 aromatic carbocycles. The van der Waals surface area contributed by atoms with Gasteiger partial charge in [0.25, 0.3) is 0 Å². The Morgan fingerprint density at radius 1 is 1.21 bits per heavy atom. The number of hydrogen-bond acceptors (Lipinski definition) is 2. The zero-order chi connectivity index (χ0) is 13.2. The maximum atomic E-state index is 12.0. The number of amides is 1. The second-order valence-electron chi connectivity index (χ2n) is 5.15. The third kappa shape index (κ3) is 2.34.